The molecule has 2 atom stereocenters. The third-order valence-electron chi connectivity index (χ3n) is 7.31. The highest BCUT2D eigenvalue weighted by molar-refractivity contribution is 5.64. The van der Waals surface area contributed by atoms with Crippen LogP contribution in [0.25, 0.3) is 11.1 Å². The third kappa shape index (κ3) is 3.60. The highest BCUT2D eigenvalue weighted by Crippen LogP contribution is 2.46. The molecular formula is C26H34O4. The lowest BCUT2D eigenvalue weighted by atomic mass is 9.74. The van der Waals surface area contributed by atoms with Gasteiger partial charge in [-0.05, 0) is 35.1 Å². The summed E-state index contributed by atoms with van der Waals surface area (Å²) in [5.41, 5.74) is 5.07. The van der Waals surface area contributed by atoms with Crippen molar-refractivity contribution in [2.24, 2.45) is 10.8 Å². The zero-order valence-electron chi connectivity index (χ0n) is 18.6. The Kier molecular flexibility index (Phi) is 6.31. The summed E-state index contributed by atoms with van der Waals surface area (Å²) in [4.78, 5) is 0. The number of rotatable bonds is 9. The zero-order valence-corrected chi connectivity index (χ0v) is 18.6. The molecule has 2 aliphatic heterocycles. The maximum Gasteiger partial charge on any atom is 0.0921 e. The molecule has 0 spiro atoms. The van der Waals surface area contributed by atoms with Gasteiger partial charge in [0.15, 0.2) is 0 Å². The lowest BCUT2D eigenvalue weighted by Gasteiger charge is -2.46. The van der Waals surface area contributed by atoms with Crippen LogP contribution in [0.5, 0.6) is 0 Å². The monoisotopic (exact) mass is 410 g/mol. The molecule has 2 aliphatic rings. The first-order chi connectivity index (χ1) is 14.6. The Morgan fingerprint density at radius 1 is 0.667 bits per heavy atom. The van der Waals surface area contributed by atoms with E-state index in [0.29, 0.717) is 0 Å². The minimum atomic E-state index is 0.0741. The predicted molar refractivity (Wildman–Crippen MR) is 118 cm³/mol. The molecule has 2 heterocycles. The molecule has 2 aromatic carbocycles. The van der Waals surface area contributed by atoms with Gasteiger partial charge in [0.05, 0.1) is 38.6 Å². The quantitative estimate of drug-likeness (QED) is 0.541. The fraction of sp³-hybridized carbons (Fsp3) is 0.538. The molecule has 162 valence electrons. The number of benzene rings is 2. The van der Waals surface area contributed by atoms with E-state index in [1.807, 2.05) is 0 Å². The van der Waals surface area contributed by atoms with Gasteiger partial charge in [-0.2, -0.15) is 0 Å². The summed E-state index contributed by atoms with van der Waals surface area (Å²) < 4.78 is 22.8. The summed E-state index contributed by atoms with van der Waals surface area (Å²) >= 11 is 0. The van der Waals surface area contributed by atoms with E-state index in [2.05, 4.69) is 62.4 Å². The molecule has 4 rings (SSSR count). The van der Waals surface area contributed by atoms with Gasteiger partial charge in [0.1, 0.15) is 0 Å². The second-order valence-corrected chi connectivity index (χ2v) is 8.89. The number of ether oxygens (including phenoxy) is 4. The minimum absolute atomic E-state index is 0.0741. The molecule has 0 aromatic heterocycles. The lowest BCUT2D eigenvalue weighted by Crippen LogP contribution is -2.47. The Bertz CT molecular complexity index is 737. The van der Waals surface area contributed by atoms with Gasteiger partial charge >= 0.3 is 0 Å². The Hall–Kier alpha value is -1.72. The van der Waals surface area contributed by atoms with Crippen LogP contribution in [0.4, 0.5) is 0 Å². The van der Waals surface area contributed by atoms with Gasteiger partial charge in [0.25, 0.3) is 0 Å². The number of hydrogen-bond donors (Lipinski definition) is 0. The van der Waals surface area contributed by atoms with E-state index in [0.717, 1.165) is 39.3 Å². The molecule has 4 heteroatoms. The van der Waals surface area contributed by atoms with E-state index in [1.165, 1.54) is 22.3 Å². The summed E-state index contributed by atoms with van der Waals surface area (Å²) in [6.07, 6.45) is 2.26. The SMILES string of the molecule is CCC1(C(OC)c2ccc(-c3ccc(C(OC)C4(CC)COC4)cc3)cc2)COC1. The van der Waals surface area contributed by atoms with Gasteiger partial charge in [-0.3, -0.25) is 0 Å². The van der Waals surface area contributed by atoms with Gasteiger partial charge in [-0.15, -0.1) is 0 Å². The van der Waals surface area contributed by atoms with Crippen LogP contribution in [0.1, 0.15) is 50.0 Å². The summed E-state index contributed by atoms with van der Waals surface area (Å²) in [6, 6.07) is 17.6. The van der Waals surface area contributed by atoms with Crippen LogP contribution in [-0.4, -0.2) is 40.6 Å². The second kappa shape index (κ2) is 8.80. The first-order valence-corrected chi connectivity index (χ1v) is 11.0. The highest BCUT2D eigenvalue weighted by Gasteiger charge is 2.46. The Morgan fingerprint density at radius 2 is 1.00 bits per heavy atom. The van der Waals surface area contributed by atoms with Crippen molar-refractivity contribution in [3.63, 3.8) is 0 Å². The second-order valence-electron chi connectivity index (χ2n) is 8.89. The molecule has 2 fully saturated rings. The van der Waals surface area contributed by atoms with Crippen molar-refractivity contribution in [2.75, 3.05) is 40.6 Å². The van der Waals surface area contributed by atoms with Crippen molar-refractivity contribution in [3.8, 4) is 11.1 Å². The molecule has 0 bridgehead atoms. The van der Waals surface area contributed by atoms with Gasteiger partial charge in [-0.25, -0.2) is 0 Å². The summed E-state index contributed by atoms with van der Waals surface area (Å²) in [5.74, 6) is 0. The van der Waals surface area contributed by atoms with E-state index in [4.69, 9.17) is 18.9 Å². The summed E-state index contributed by atoms with van der Waals surface area (Å²) in [6.45, 7) is 7.53. The minimum Gasteiger partial charge on any atom is -0.380 e. The fourth-order valence-electron chi connectivity index (χ4n) is 4.99. The van der Waals surface area contributed by atoms with E-state index < -0.39 is 0 Å². The van der Waals surface area contributed by atoms with E-state index in [1.54, 1.807) is 14.2 Å². The standard InChI is InChI=1S/C26H34O4/c1-5-25(15-29-16-25)23(27-3)21-11-7-19(8-12-21)20-9-13-22(14-10-20)24(28-4)26(6-2)17-30-18-26/h7-14,23-24H,5-6,15-18H2,1-4H3. The van der Waals surface area contributed by atoms with E-state index >= 15 is 0 Å². The maximum absolute atomic E-state index is 5.89. The molecular weight excluding hydrogens is 376 g/mol. The first kappa shape index (κ1) is 21.5. The molecule has 0 radical (unpaired) electrons. The average Bonchev–Trinajstić information content (AvgIpc) is 2.73. The molecule has 0 N–H and O–H groups in total. The van der Waals surface area contributed by atoms with Gasteiger partial charge in [-0.1, -0.05) is 62.4 Å². The summed E-state index contributed by atoms with van der Waals surface area (Å²) in [5, 5.41) is 0. The largest absolute Gasteiger partial charge is 0.380 e. The molecule has 30 heavy (non-hydrogen) atoms. The Morgan fingerprint density at radius 3 is 1.20 bits per heavy atom. The molecule has 0 aliphatic carbocycles. The van der Waals surface area contributed by atoms with Crippen LogP contribution in [0.15, 0.2) is 48.5 Å². The van der Waals surface area contributed by atoms with Crippen LogP contribution in [-0.2, 0) is 18.9 Å². The van der Waals surface area contributed by atoms with E-state index in [9.17, 15) is 0 Å². The van der Waals surface area contributed by atoms with Gasteiger partial charge < -0.3 is 18.9 Å². The Balaban J connectivity index is 1.52. The topological polar surface area (TPSA) is 36.9 Å². The third-order valence-corrected chi connectivity index (χ3v) is 7.31. The molecule has 4 nitrogen and oxygen atoms in total. The average molecular weight is 411 g/mol. The van der Waals surface area contributed by atoms with Crippen molar-refractivity contribution in [1.29, 1.82) is 0 Å². The Labute approximate surface area is 180 Å². The van der Waals surface area contributed by atoms with E-state index in [-0.39, 0.29) is 23.0 Å². The van der Waals surface area contributed by atoms with Crippen molar-refractivity contribution in [2.45, 2.75) is 38.9 Å². The maximum atomic E-state index is 5.89. The predicted octanol–water partition coefficient (Wildman–Crippen LogP) is 5.58. The number of methoxy groups -OCH3 is 2. The first-order valence-electron chi connectivity index (χ1n) is 11.0. The van der Waals surface area contributed by atoms with Crippen LogP contribution in [0, 0.1) is 10.8 Å². The zero-order chi connectivity index (χ0) is 21.2. The molecule has 2 saturated heterocycles. The molecule has 0 amide bonds. The van der Waals surface area contributed by atoms with Crippen LogP contribution in [0.3, 0.4) is 0 Å². The lowest BCUT2D eigenvalue weighted by molar-refractivity contribution is -0.184. The fourth-order valence-corrected chi connectivity index (χ4v) is 4.99. The van der Waals surface area contributed by atoms with Crippen LogP contribution in [0.2, 0.25) is 0 Å². The van der Waals surface area contributed by atoms with Gasteiger partial charge in [0, 0.05) is 25.0 Å². The highest BCUT2D eigenvalue weighted by atomic mass is 16.5. The normalized spacial score (nSPS) is 21.3. The molecule has 2 unspecified atom stereocenters. The smallest absolute Gasteiger partial charge is 0.0921 e. The van der Waals surface area contributed by atoms with Crippen molar-refractivity contribution in [1.82, 2.24) is 0 Å². The van der Waals surface area contributed by atoms with Crippen LogP contribution < -0.4 is 0 Å². The van der Waals surface area contributed by atoms with Crippen molar-refractivity contribution >= 4 is 0 Å². The summed E-state index contributed by atoms with van der Waals surface area (Å²) in [7, 11) is 3.60. The number of hydrogen-bond acceptors (Lipinski definition) is 4. The van der Waals surface area contributed by atoms with Gasteiger partial charge in [0.2, 0.25) is 0 Å². The van der Waals surface area contributed by atoms with Crippen molar-refractivity contribution in [3.05, 3.63) is 59.7 Å². The van der Waals surface area contributed by atoms with Crippen molar-refractivity contribution < 1.29 is 18.9 Å². The molecule has 0 saturated carbocycles. The van der Waals surface area contributed by atoms with Crippen LogP contribution >= 0.6 is 0 Å². The molecule has 2 aromatic rings.